The Morgan fingerprint density at radius 1 is 1.35 bits per heavy atom. The van der Waals surface area contributed by atoms with Gasteiger partial charge in [-0.3, -0.25) is 0 Å². The molecule has 3 rings (SSSR count). The third-order valence-corrected chi connectivity index (χ3v) is 3.53. The molecule has 0 spiro atoms. The van der Waals surface area contributed by atoms with Crippen molar-refractivity contribution < 1.29 is 9.52 Å². The van der Waals surface area contributed by atoms with E-state index in [9.17, 15) is 5.11 Å². The van der Waals surface area contributed by atoms with Crippen molar-refractivity contribution in [3.63, 3.8) is 0 Å². The molecule has 0 radical (unpaired) electrons. The molecule has 1 aliphatic heterocycles. The molecule has 90 valence electrons. The Morgan fingerprint density at radius 2 is 2.18 bits per heavy atom. The maximum absolute atomic E-state index is 10.1. The van der Waals surface area contributed by atoms with Crippen molar-refractivity contribution in [1.29, 1.82) is 0 Å². The normalized spacial score (nSPS) is 17.6. The minimum absolute atomic E-state index is 0.287. The molecule has 2 aromatic rings. The lowest BCUT2D eigenvalue weighted by atomic mass is 9.90. The lowest BCUT2D eigenvalue weighted by Gasteiger charge is -2.22. The highest BCUT2D eigenvalue weighted by atomic mass is 16.3. The van der Waals surface area contributed by atoms with E-state index in [1.165, 1.54) is 19.2 Å². The van der Waals surface area contributed by atoms with E-state index in [0.29, 0.717) is 17.0 Å². The number of aromatic hydroxyl groups is 1. The zero-order chi connectivity index (χ0) is 11.7. The number of benzene rings is 1. The number of aromatic nitrogens is 1. The van der Waals surface area contributed by atoms with Crippen LogP contribution in [0.4, 0.5) is 0 Å². The van der Waals surface area contributed by atoms with E-state index in [1.54, 1.807) is 0 Å². The average molecular weight is 232 g/mol. The van der Waals surface area contributed by atoms with Crippen LogP contribution in [0.5, 0.6) is 5.75 Å². The van der Waals surface area contributed by atoms with Crippen LogP contribution in [-0.4, -0.2) is 23.2 Å². The van der Waals surface area contributed by atoms with Gasteiger partial charge >= 0.3 is 0 Å². The summed E-state index contributed by atoms with van der Waals surface area (Å²) in [5.74, 6) is 0.946. The Balaban J connectivity index is 1.86. The smallest absolute Gasteiger partial charge is 0.182 e. The summed E-state index contributed by atoms with van der Waals surface area (Å²) in [6.07, 6.45) is 4.65. The summed E-state index contributed by atoms with van der Waals surface area (Å²) in [5.41, 5.74) is 2.21. The van der Waals surface area contributed by atoms with E-state index in [2.05, 4.69) is 10.3 Å². The molecule has 0 saturated carbocycles. The fraction of sp³-hybridized carbons (Fsp3) is 0.462. The Kier molecular flexibility index (Phi) is 2.73. The van der Waals surface area contributed by atoms with Crippen molar-refractivity contribution in [3.8, 4) is 5.75 Å². The predicted molar refractivity (Wildman–Crippen MR) is 65.0 cm³/mol. The molecule has 0 atom stereocenters. The molecule has 1 aromatic heterocycles. The predicted octanol–water partition coefficient (Wildman–Crippen LogP) is 2.08. The molecule has 0 unspecified atom stereocenters. The van der Waals surface area contributed by atoms with Crippen molar-refractivity contribution in [2.45, 2.75) is 19.3 Å². The third kappa shape index (κ3) is 2.00. The topological polar surface area (TPSA) is 58.3 Å². The molecule has 4 heteroatoms. The molecule has 0 aliphatic carbocycles. The lowest BCUT2D eigenvalue weighted by molar-refractivity contribution is 0.367. The molecule has 0 bridgehead atoms. The second kappa shape index (κ2) is 4.37. The van der Waals surface area contributed by atoms with Crippen LogP contribution in [0.15, 0.2) is 22.9 Å². The summed E-state index contributed by atoms with van der Waals surface area (Å²) >= 11 is 0. The van der Waals surface area contributed by atoms with E-state index >= 15 is 0 Å². The largest absolute Gasteiger partial charge is 0.505 e. The highest BCUT2D eigenvalue weighted by Crippen LogP contribution is 2.30. The van der Waals surface area contributed by atoms with Crippen LogP contribution in [0, 0.1) is 5.92 Å². The second-order valence-electron chi connectivity index (χ2n) is 4.67. The zero-order valence-electron chi connectivity index (χ0n) is 9.65. The first-order valence-corrected chi connectivity index (χ1v) is 6.09. The molecular formula is C13H16N2O2. The number of phenolic OH excluding ortho intramolecular Hbond substituents is 1. The fourth-order valence-electron chi connectivity index (χ4n) is 2.52. The SMILES string of the molecule is Oc1c(CC2CCNCC2)ccc2ocnc12. The Labute approximate surface area is 99.7 Å². The lowest BCUT2D eigenvalue weighted by Crippen LogP contribution is -2.28. The number of phenols is 1. The Bertz CT molecular complexity index is 515. The van der Waals surface area contributed by atoms with E-state index < -0.39 is 0 Å². The number of oxazole rings is 1. The van der Waals surface area contributed by atoms with Crippen molar-refractivity contribution in [2.24, 2.45) is 5.92 Å². The average Bonchev–Trinajstić information content (AvgIpc) is 2.83. The minimum Gasteiger partial charge on any atom is -0.505 e. The molecule has 1 fully saturated rings. The Hall–Kier alpha value is -1.55. The van der Waals surface area contributed by atoms with Gasteiger partial charge in [-0.1, -0.05) is 6.07 Å². The number of rotatable bonds is 2. The number of piperidine rings is 1. The maximum atomic E-state index is 10.1. The zero-order valence-corrected chi connectivity index (χ0v) is 9.65. The molecule has 17 heavy (non-hydrogen) atoms. The Morgan fingerprint density at radius 3 is 3.00 bits per heavy atom. The van der Waals surface area contributed by atoms with Crippen LogP contribution in [0.3, 0.4) is 0 Å². The first kappa shape index (κ1) is 10.6. The van der Waals surface area contributed by atoms with Gasteiger partial charge in [-0.25, -0.2) is 4.98 Å². The van der Waals surface area contributed by atoms with Gasteiger partial charge in [-0.05, 0) is 49.9 Å². The summed E-state index contributed by atoms with van der Waals surface area (Å²) in [6, 6.07) is 3.84. The molecule has 0 amide bonds. The molecule has 4 nitrogen and oxygen atoms in total. The molecule has 1 aromatic carbocycles. The van der Waals surface area contributed by atoms with Gasteiger partial charge in [-0.15, -0.1) is 0 Å². The summed E-state index contributed by atoms with van der Waals surface area (Å²) in [5, 5.41) is 13.5. The maximum Gasteiger partial charge on any atom is 0.182 e. The van der Waals surface area contributed by atoms with Crippen molar-refractivity contribution >= 4 is 11.1 Å². The highest BCUT2D eigenvalue weighted by Gasteiger charge is 2.17. The highest BCUT2D eigenvalue weighted by molar-refractivity contribution is 5.80. The van der Waals surface area contributed by atoms with Gasteiger partial charge in [0, 0.05) is 0 Å². The van der Waals surface area contributed by atoms with E-state index in [0.717, 1.165) is 25.1 Å². The molecular weight excluding hydrogens is 216 g/mol. The second-order valence-corrected chi connectivity index (χ2v) is 4.67. The summed E-state index contributed by atoms with van der Waals surface area (Å²) in [4.78, 5) is 4.04. The van der Waals surface area contributed by atoms with Gasteiger partial charge in [0.2, 0.25) is 0 Å². The van der Waals surface area contributed by atoms with E-state index in [-0.39, 0.29) is 5.75 Å². The molecule has 1 saturated heterocycles. The van der Waals surface area contributed by atoms with Crippen molar-refractivity contribution in [2.75, 3.05) is 13.1 Å². The molecule has 2 N–H and O–H groups in total. The van der Waals surface area contributed by atoms with Crippen LogP contribution in [-0.2, 0) is 6.42 Å². The van der Waals surface area contributed by atoms with Crippen LogP contribution < -0.4 is 5.32 Å². The fourth-order valence-corrected chi connectivity index (χ4v) is 2.52. The van der Waals surface area contributed by atoms with Gasteiger partial charge in [0.05, 0.1) is 0 Å². The first-order chi connectivity index (χ1) is 8.34. The summed E-state index contributed by atoms with van der Waals surface area (Å²) in [7, 11) is 0. The van der Waals surface area contributed by atoms with Gasteiger partial charge in [-0.2, -0.15) is 0 Å². The van der Waals surface area contributed by atoms with Gasteiger partial charge in [0.1, 0.15) is 5.75 Å². The van der Waals surface area contributed by atoms with Crippen molar-refractivity contribution in [1.82, 2.24) is 10.3 Å². The van der Waals surface area contributed by atoms with Gasteiger partial charge in [0.15, 0.2) is 17.5 Å². The van der Waals surface area contributed by atoms with Gasteiger partial charge < -0.3 is 14.8 Å². The van der Waals surface area contributed by atoms with Crippen molar-refractivity contribution in [3.05, 3.63) is 24.1 Å². The summed E-state index contributed by atoms with van der Waals surface area (Å²) in [6.45, 7) is 2.16. The number of nitrogens with zero attached hydrogens (tertiary/aromatic N) is 1. The number of fused-ring (bicyclic) bond motifs is 1. The molecule has 2 heterocycles. The van der Waals surface area contributed by atoms with E-state index in [1.807, 2.05) is 12.1 Å². The van der Waals surface area contributed by atoms with Gasteiger partial charge in [0.25, 0.3) is 0 Å². The number of hydrogen-bond donors (Lipinski definition) is 2. The standard InChI is InChI=1S/C13H16N2O2/c16-13-10(7-9-3-5-14-6-4-9)1-2-11-12(13)15-8-17-11/h1-2,8-9,14,16H,3-7H2. The third-order valence-electron chi connectivity index (χ3n) is 3.53. The number of hydrogen-bond acceptors (Lipinski definition) is 4. The van der Waals surface area contributed by atoms with Crippen LogP contribution in [0.1, 0.15) is 18.4 Å². The number of nitrogens with one attached hydrogen (secondary N) is 1. The monoisotopic (exact) mass is 232 g/mol. The quantitative estimate of drug-likeness (QED) is 0.832. The van der Waals surface area contributed by atoms with Crippen LogP contribution >= 0.6 is 0 Å². The molecule has 1 aliphatic rings. The summed E-state index contributed by atoms with van der Waals surface area (Å²) < 4.78 is 5.16. The van der Waals surface area contributed by atoms with Crippen LogP contribution in [0.2, 0.25) is 0 Å². The minimum atomic E-state index is 0.287. The first-order valence-electron chi connectivity index (χ1n) is 6.09. The van der Waals surface area contributed by atoms with E-state index in [4.69, 9.17) is 4.42 Å². The van der Waals surface area contributed by atoms with Crippen LogP contribution in [0.25, 0.3) is 11.1 Å².